The molecule has 0 spiro atoms. The fraction of sp³-hybridized carbons (Fsp3) is 0.300. The molecule has 0 bridgehead atoms. The van der Waals surface area contributed by atoms with Gasteiger partial charge in [-0.1, -0.05) is 24.3 Å². The molecule has 0 aliphatic rings. The Labute approximate surface area is 154 Å². The number of carbonyl (C=O) groups is 1. The van der Waals surface area contributed by atoms with Crippen molar-refractivity contribution in [3.63, 3.8) is 0 Å². The van der Waals surface area contributed by atoms with E-state index in [1.54, 1.807) is 12.0 Å². The molecule has 0 aliphatic carbocycles. The highest BCUT2D eigenvalue weighted by Gasteiger charge is 2.11. The average Bonchev–Trinajstić information content (AvgIpc) is 2.68. The molecule has 138 valence electrons. The van der Waals surface area contributed by atoms with Crippen molar-refractivity contribution in [3.05, 3.63) is 59.7 Å². The number of aliphatic imine (C=N–C) groups is 1. The van der Waals surface area contributed by atoms with Gasteiger partial charge >= 0.3 is 0 Å². The SMILES string of the molecule is CCN(CC)C(=O)c1ccc(CN=C(N)Nc2ccccc2OC)cc1. The molecule has 0 aromatic heterocycles. The minimum Gasteiger partial charge on any atom is -0.495 e. The lowest BCUT2D eigenvalue weighted by molar-refractivity contribution is 0.0773. The Morgan fingerprint density at radius 2 is 1.77 bits per heavy atom. The number of methoxy groups -OCH3 is 1. The van der Waals surface area contributed by atoms with Gasteiger partial charge in [0.05, 0.1) is 19.3 Å². The summed E-state index contributed by atoms with van der Waals surface area (Å²) in [6.07, 6.45) is 0. The van der Waals surface area contributed by atoms with E-state index in [0.29, 0.717) is 36.9 Å². The predicted octanol–water partition coefficient (Wildman–Crippen LogP) is 3.10. The minimum atomic E-state index is 0.0439. The molecule has 2 rings (SSSR count). The summed E-state index contributed by atoms with van der Waals surface area (Å²) >= 11 is 0. The largest absolute Gasteiger partial charge is 0.495 e. The van der Waals surface area contributed by atoms with Crippen LogP contribution in [0.1, 0.15) is 29.8 Å². The molecule has 0 atom stereocenters. The lowest BCUT2D eigenvalue weighted by Crippen LogP contribution is -2.30. The second-order valence-electron chi connectivity index (χ2n) is 5.70. The third-order valence-electron chi connectivity index (χ3n) is 4.05. The number of benzene rings is 2. The van der Waals surface area contributed by atoms with Gasteiger partial charge in [0.1, 0.15) is 5.75 Å². The summed E-state index contributed by atoms with van der Waals surface area (Å²) in [5.74, 6) is 1.05. The summed E-state index contributed by atoms with van der Waals surface area (Å²) in [4.78, 5) is 18.4. The van der Waals surface area contributed by atoms with Gasteiger partial charge in [-0.2, -0.15) is 0 Å². The number of anilines is 1. The minimum absolute atomic E-state index is 0.0439. The summed E-state index contributed by atoms with van der Waals surface area (Å²) in [6, 6.07) is 15.0. The quantitative estimate of drug-likeness (QED) is 0.591. The van der Waals surface area contributed by atoms with Crippen LogP contribution < -0.4 is 15.8 Å². The highest BCUT2D eigenvalue weighted by Crippen LogP contribution is 2.22. The molecule has 0 radical (unpaired) electrons. The molecule has 1 amide bonds. The van der Waals surface area contributed by atoms with E-state index in [4.69, 9.17) is 10.5 Å². The summed E-state index contributed by atoms with van der Waals surface area (Å²) in [7, 11) is 1.61. The highest BCUT2D eigenvalue weighted by atomic mass is 16.5. The van der Waals surface area contributed by atoms with E-state index in [1.165, 1.54) is 0 Å². The summed E-state index contributed by atoms with van der Waals surface area (Å²) in [5, 5.41) is 3.03. The number of rotatable bonds is 7. The van der Waals surface area contributed by atoms with Crippen LogP contribution in [0.25, 0.3) is 0 Å². The van der Waals surface area contributed by atoms with Crippen molar-refractivity contribution in [2.24, 2.45) is 10.7 Å². The van der Waals surface area contributed by atoms with Crippen LogP contribution in [0.4, 0.5) is 5.69 Å². The fourth-order valence-corrected chi connectivity index (χ4v) is 2.55. The maximum atomic E-state index is 12.3. The normalized spacial score (nSPS) is 11.1. The maximum absolute atomic E-state index is 12.3. The molecule has 6 heteroatoms. The zero-order chi connectivity index (χ0) is 18.9. The van der Waals surface area contributed by atoms with Gasteiger partial charge in [-0.15, -0.1) is 0 Å². The molecule has 26 heavy (non-hydrogen) atoms. The zero-order valence-corrected chi connectivity index (χ0v) is 15.5. The van der Waals surface area contributed by atoms with Gasteiger partial charge in [0.2, 0.25) is 0 Å². The molecule has 0 fully saturated rings. The summed E-state index contributed by atoms with van der Waals surface area (Å²) in [6.45, 7) is 5.77. The van der Waals surface area contributed by atoms with Gasteiger partial charge in [-0.25, -0.2) is 4.99 Å². The molecule has 0 saturated heterocycles. The summed E-state index contributed by atoms with van der Waals surface area (Å²) < 4.78 is 5.27. The fourth-order valence-electron chi connectivity index (χ4n) is 2.55. The molecular weight excluding hydrogens is 328 g/mol. The molecule has 0 unspecified atom stereocenters. The topological polar surface area (TPSA) is 80.0 Å². The lowest BCUT2D eigenvalue weighted by atomic mass is 10.1. The molecular formula is C20H26N4O2. The monoisotopic (exact) mass is 354 g/mol. The number of guanidine groups is 1. The standard InChI is InChI=1S/C20H26N4O2/c1-4-24(5-2)19(25)16-12-10-15(11-13-16)14-22-20(21)23-17-8-6-7-9-18(17)26-3/h6-13H,4-5,14H2,1-3H3,(H3,21,22,23). The Hall–Kier alpha value is -3.02. The average molecular weight is 354 g/mol. The van der Waals surface area contributed by atoms with Crippen LogP contribution in [-0.2, 0) is 6.54 Å². The van der Waals surface area contributed by atoms with Gasteiger partial charge in [0.15, 0.2) is 5.96 Å². The first-order valence-electron chi connectivity index (χ1n) is 8.67. The van der Waals surface area contributed by atoms with Crippen molar-refractivity contribution in [2.45, 2.75) is 20.4 Å². The Balaban J connectivity index is 2.00. The van der Waals surface area contributed by atoms with Crippen LogP contribution >= 0.6 is 0 Å². The smallest absolute Gasteiger partial charge is 0.253 e. The molecule has 2 aromatic carbocycles. The Morgan fingerprint density at radius 3 is 2.38 bits per heavy atom. The Kier molecular flexibility index (Phi) is 7.02. The first-order valence-corrected chi connectivity index (χ1v) is 8.67. The van der Waals surface area contributed by atoms with Gasteiger partial charge in [-0.05, 0) is 43.7 Å². The number of carbonyl (C=O) groups excluding carboxylic acids is 1. The predicted molar refractivity (Wildman–Crippen MR) is 106 cm³/mol. The zero-order valence-electron chi connectivity index (χ0n) is 15.5. The molecule has 0 saturated carbocycles. The molecule has 6 nitrogen and oxygen atoms in total. The maximum Gasteiger partial charge on any atom is 0.253 e. The first-order chi connectivity index (χ1) is 12.6. The Morgan fingerprint density at radius 1 is 1.12 bits per heavy atom. The van der Waals surface area contributed by atoms with E-state index in [1.807, 2.05) is 62.4 Å². The van der Waals surface area contributed by atoms with Crippen LogP contribution in [0.15, 0.2) is 53.5 Å². The number of nitrogens with two attached hydrogens (primary N) is 1. The molecule has 0 aliphatic heterocycles. The number of ether oxygens (including phenoxy) is 1. The second kappa shape index (κ2) is 9.46. The number of amides is 1. The van der Waals surface area contributed by atoms with Crippen molar-refractivity contribution >= 4 is 17.6 Å². The molecule has 0 heterocycles. The Bertz CT molecular complexity index is 753. The van der Waals surface area contributed by atoms with Crippen molar-refractivity contribution in [3.8, 4) is 5.75 Å². The van der Waals surface area contributed by atoms with Crippen LogP contribution in [0.5, 0.6) is 5.75 Å². The number of nitrogens with zero attached hydrogens (tertiary/aromatic N) is 2. The van der Waals surface area contributed by atoms with E-state index < -0.39 is 0 Å². The third-order valence-corrected chi connectivity index (χ3v) is 4.05. The van der Waals surface area contributed by atoms with Crippen LogP contribution in [-0.4, -0.2) is 37.0 Å². The van der Waals surface area contributed by atoms with Crippen molar-refractivity contribution in [1.29, 1.82) is 0 Å². The van der Waals surface area contributed by atoms with E-state index in [9.17, 15) is 4.79 Å². The number of para-hydroxylation sites is 2. The van der Waals surface area contributed by atoms with Gasteiger partial charge < -0.3 is 20.7 Å². The van der Waals surface area contributed by atoms with Crippen LogP contribution in [0.2, 0.25) is 0 Å². The van der Waals surface area contributed by atoms with Gasteiger partial charge in [0, 0.05) is 18.7 Å². The molecule has 2 aromatic rings. The number of nitrogens with one attached hydrogen (secondary N) is 1. The van der Waals surface area contributed by atoms with E-state index >= 15 is 0 Å². The molecule has 3 N–H and O–H groups in total. The number of hydrogen-bond acceptors (Lipinski definition) is 3. The van der Waals surface area contributed by atoms with E-state index in [2.05, 4.69) is 10.3 Å². The first kappa shape index (κ1) is 19.3. The second-order valence-corrected chi connectivity index (χ2v) is 5.70. The van der Waals surface area contributed by atoms with Crippen molar-refractivity contribution in [2.75, 3.05) is 25.5 Å². The summed E-state index contributed by atoms with van der Waals surface area (Å²) in [5.41, 5.74) is 8.37. The van der Waals surface area contributed by atoms with Crippen LogP contribution in [0, 0.1) is 0 Å². The van der Waals surface area contributed by atoms with E-state index in [0.717, 1.165) is 11.3 Å². The van der Waals surface area contributed by atoms with Crippen LogP contribution in [0.3, 0.4) is 0 Å². The highest BCUT2D eigenvalue weighted by molar-refractivity contribution is 5.94. The lowest BCUT2D eigenvalue weighted by Gasteiger charge is -2.18. The van der Waals surface area contributed by atoms with E-state index in [-0.39, 0.29) is 5.91 Å². The van der Waals surface area contributed by atoms with Crippen molar-refractivity contribution < 1.29 is 9.53 Å². The van der Waals surface area contributed by atoms with Gasteiger partial charge in [0.25, 0.3) is 5.91 Å². The number of hydrogen-bond donors (Lipinski definition) is 2. The van der Waals surface area contributed by atoms with Gasteiger partial charge in [-0.3, -0.25) is 4.79 Å². The van der Waals surface area contributed by atoms with Crippen molar-refractivity contribution in [1.82, 2.24) is 4.90 Å². The third kappa shape index (κ3) is 4.99.